The number of carbonyl (C=O) groups is 4. The van der Waals surface area contributed by atoms with Crippen molar-refractivity contribution in [1.82, 2.24) is 29.6 Å². The lowest BCUT2D eigenvalue weighted by molar-refractivity contribution is -0.128. The van der Waals surface area contributed by atoms with Gasteiger partial charge in [-0.25, -0.2) is 27.2 Å². The maximum atomic E-state index is 14.2. The Labute approximate surface area is 387 Å². The zero-order valence-electron chi connectivity index (χ0n) is 37.6. The minimum absolute atomic E-state index is 0.0518. The summed E-state index contributed by atoms with van der Waals surface area (Å²) in [5.74, 6) is -6.79. The number of pyridine rings is 2. The summed E-state index contributed by atoms with van der Waals surface area (Å²) >= 11 is 0. The number of hydrogen-bond donors (Lipinski definition) is 6. The fourth-order valence-corrected chi connectivity index (χ4v) is 10.1. The molecule has 68 heavy (non-hydrogen) atoms. The van der Waals surface area contributed by atoms with Crippen molar-refractivity contribution in [2.45, 2.75) is 65.0 Å². The number of nitrogens with zero attached hydrogens (tertiary/aromatic N) is 4. The van der Waals surface area contributed by atoms with Gasteiger partial charge in [0.1, 0.15) is 23.3 Å². The maximum absolute atomic E-state index is 14.2. The third kappa shape index (κ3) is 8.92. The largest absolute Gasteiger partial charge is 0.396 e. The molecule has 2 aromatic carbocycles. The van der Waals surface area contributed by atoms with Gasteiger partial charge in [0.25, 0.3) is 11.1 Å². The minimum Gasteiger partial charge on any atom is -0.396 e. The first-order valence-electron chi connectivity index (χ1n) is 22.2. The molecule has 20 heteroatoms. The summed E-state index contributed by atoms with van der Waals surface area (Å²) in [6, 6.07) is 7.34. The van der Waals surface area contributed by atoms with Crippen LogP contribution in [0.2, 0.25) is 0 Å². The summed E-state index contributed by atoms with van der Waals surface area (Å²) in [4.78, 5) is 81.8. The quantitative estimate of drug-likeness (QED) is 0.119. The number of aliphatic hydroxyl groups is 2. The molecule has 6 amide bonds. The van der Waals surface area contributed by atoms with Crippen LogP contribution in [-0.2, 0) is 22.7 Å². The lowest BCUT2D eigenvalue weighted by Gasteiger charge is -2.38. The van der Waals surface area contributed by atoms with Crippen LogP contribution in [0.4, 0.5) is 38.5 Å². The molecule has 4 aliphatic rings. The zero-order valence-corrected chi connectivity index (χ0v) is 37.6. The number of aliphatic hydroxyl groups excluding tert-OH is 2. The summed E-state index contributed by atoms with van der Waals surface area (Å²) in [5, 5.41) is 30.7. The average molecular weight is 945 g/mol. The van der Waals surface area contributed by atoms with Crippen molar-refractivity contribution < 1.29 is 47.0 Å². The van der Waals surface area contributed by atoms with E-state index in [1.54, 1.807) is 76.3 Å². The van der Waals surface area contributed by atoms with Crippen LogP contribution in [-0.4, -0.2) is 91.4 Å². The number of halogens is 4. The van der Waals surface area contributed by atoms with Crippen molar-refractivity contribution in [1.29, 1.82) is 0 Å². The monoisotopic (exact) mass is 944 g/mol. The van der Waals surface area contributed by atoms with E-state index >= 15 is 0 Å². The highest BCUT2D eigenvalue weighted by molar-refractivity contribution is 5.93. The lowest BCUT2D eigenvalue weighted by atomic mass is 9.86. The smallest absolute Gasteiger partial charge is 0.322 e. The van der Waals surface area contributed by atoms with Crippen LogP contribution in [0.15, 0.2) is 82.4 Å². The summed E-state index contributed by atoms with van der Waals surface area (Å²) in [7, 11) is 0. The zero-order chi connectivity index (χ0) is 49.1. The number of anilines is 2. The second-order valence-corrected chi connectivity index (χ2v) is 16.7. The number of nitrogens with one attached hydrogen (secondary N) is 4. The predicted octanol–water partition coefficient (Wildman–Crippen LogP) is 4.98. The highest BCUT2D eigenvalue weighted by Gasteiger charge is 2.59. The van der Waals surface area contributed by atoms with Gasteiger partial charge in [-0.15, -0.1) is 0 Å². The number of allylic oxidation sites excluding steroid dienone is 2. The van der Waals surface area contributed by atoms with E-state index in [4.69, 9.17) is 0 Å². The van der Waals surface area contributed by atoms with Gasteiger partial charge in [0, 0.05) is 85.9 Å². The normalized spacial score (nSPS) is 23.1. The van der Waals surface area contributed by atoms with E-state index in [9.17, 15) is 56.5 Å². The molecule has 6 heterocycles. The molecule has 2 saturated heterocycles. The molecule has 0 radical (unpaired) electrons. The van der Waals surface area contributed by atoms with Crippen LogP contribution >= 0.6 is 0 Å². The molecule has 0 unspecified atom stereocenters. The molecule has 8 atom stereocenters. The number of fused-ring (bicyclic) bond motifs is 8. The topological polar surface area (TPSA) is 207 Å². The average Bonchev–Trinajstić information content (AvgIpc) is 3.71. The first kappa shape index (κ1) is 48.9. The van der Waals surface area contributed by atoms with E-state index in [1.165, 1.54) is 18.9 Å². The van der Waals surface area contributed by atoms with E-state index < -0.39 is 96.4 Å². The fraction of sp³-hybridized carbons (Fsp3) is 0.375. The number of rotatable bonds is 10. The highest BCUT2D eigenvalue weighted by Crippen LogP contribution is 2.50. The number of aromatic nitrogens is 2. The van der Waals surface area contributed by atoms with Gasteiger partial charge in [-0.2, -0.15) is 0 Å². The van der Waals surface area contributed by atoms with E-state index in [0.29, 0.717) is 35.6 Å². The van der Waals surface area contributed by atoms with Gasteiger partial charge in [-0.3, -0.25) is 19.2 Å². The van der Waals surface area contributed by atoms with Gasteiger partial charge >= 0.3 is 12.1 Å². The minimum atomic E-state index is -0.883. The Morgan fingerprint density at radius 2 is 1.00 bits per heavy atom. The van der Waals surface area contributed by atoms with Crippen LogP contribution < -0.4 is 32.4 Å². The molecular weight excluding hydrogens is 893 g/mol. The second-order valence-electron chi connectivity index (χ2n) is 16.7. The Hall–Kier alpha value is -7.06. The molecule has 4 aromatic rings. The van der Waals surface area contributed by atoms with E-state index in [-0.39, 0.29) is 47.4 Å². The SMILES string of the molecule is C/C=C/c1ccc2n(c1=O)C[C@@H]1[C@@H](CO)[C@H](C(=O)NCC)[C@H]2N1C(=O)Nc1cc(F)ccc1F.C/C=C\c1ccc2n(c1=O)C[C@@H]1[C@@H](CO)[C@H](C(=O)NCC)[C@H]2N1C(=O)Nc1cc(F)ccc1F. The van der Waals surface area contributed by atoms with Gasteiger partial charge < -0.3 is 50.4 Å². The van der Waals surface area contributed by atoms with Crippen LogP contribution in [0, 0.1) is 46.9 Å². The number of urea groups is 2. The first-order valence-corrected chi connectivity index (χ1v) is 22.2. The molecule has 0 aliphatic carbocycles. The number of benzene rings is 2. The number of hydrogen-bond acceptors (Lipinski definition) is 8. The molecule has 360 valence electrons. The third-order valence-corrected chi connectivity index (χ3v) is 13.0. The summed E-state index contributed by atoms with van der Waals surface area (Å²) in [6.07, 6.45) is 6.83. The summed E-state index contributed by atoms with van der Waals surface area (Å²) in [6.45, 7) is 7.09. The van der Waals surface area contributed by atoms with Gasteiger partial charge in [0.15, 0.2) is 0 Å². The fourth-order valence-electron chi connectivity index (χ4n) is 10.1. The van der Waals surface area contributed by atoms with Crippen LogP contribution in [0.1, 0.15) is 62.3 Å². The predicted molar refractivity (Wildman–Crippen MR) is 244 cm³/mol. The Bertz CT molecular complexity index is 2610. The summed E-state index contributed by atoms with van der Waals surface area (Å²) in [5.41, 5.74) is 0.580. The van der Waals surface area contributed by atoms with Gasteiger partial charge in [-0.05, 0) is 76.2 Å². The number of amides is 6. The van der Waals surface area contributed by atoms with Gasteiger partial charge in [0.05, 0.1) is 47.4 Å². The Balaban J connectivity index is 0.000000201. The van der Waals surface area contributed by atoms with Crippen molar-refractivity contribution in [3.05, 3.63) is 139 Å². The molecular formula is C48H52F4N8O8. The third-order valence-electron chi connectivity index (χ3n) is 13.0. The standard InChI is InChI=1S/2C24H26F2N4O4/c2*1-3-5-13-6-9-18-21-20(22(32)27-4-2)15(12-31)19(11-29(18)23(13)33)30(21)24(34)28-17-10-14(25)7-8-16(17)26/h2*3,5-10,15,19-21,31H,4,11-12H2,1-2H3,(H,27,32)(H,28,34)/b5-3+;5-3-/t2*15-,19-,20+,21+/m11/s1. The molecule has 4 bridgehead atoms. The Morgan fingerprint density at radius 1 is 0.618 bits per heavy atom. The van der Waals surface area contributed by atoms with Crippen molar-refractivity contribution in [2.24, 2.45) is 23.7 Å². The second kappa shape index (κ2) is 20.4. The maximum Gasteiger partial charge on any atom is 0.322 e. The molecule has 2 aromatic heterocycles. The molecule has 6 N–H and O–H groups in total. The van der Waals surface area contributed by atoms with E-state index in [1.807, 2.05) is 0 Å². The molecule has 16 nitrogen and oxygen atoms in total. The van der Waals surface area contributed by atoms with Crippen molar-refractivity contribution >= 4 is 47.4 Å². The van der Waals surface area contributed by atoms with Crippen molar-refractivity contribution in [3.8, 4) is 0 Å². The molecule has 0 spiro atoms. The van der Waals surface area contributed by atoms with Gasteiger partial charge in [0.2, 0.25) is 11.8 Å². The first-order chi connectivity index (χ1) is 32.6. The highest BCUT2D eigenvalue weighted by atomic mass is 19.1. The van der Waals surface area contributed by atoms with Crippen molar-refractivity contribution in [2.75, 3.05) is 36.9 Å². The summed E-state index contributed by atoms with van der Waals surface area (Å²) < 4.78 is 58.8. The van der Waals surface area contributed by atoms with Gasteiger partial charge in [-0.1, -0.05) is 24.3 Å². The molecule has 8 rings (SSSR count). The van der Waals surface area contributed by atoms with E-state index in [0.717, 1.165) is 36.4 Å². The lowest BCUT2D eigenvalue weighted by Crippen LogP contribution is -2.50. The van der Waals surface area contributed by atoms with Crippen LogP contribution in [0.5, 0.6) is 0 Å². The molecule has 0 saturated carbocycles. The van der Waals surface area contributed by atoms with Crippen LogP contribution in [0.3, 0.4) is 0 Å². The van der Waals surface area contributed by atoms with E-state index in [2.05, 4.69) is 21.3 Å². The number of carbonyl (C=O) groups excluding carboxylic acids is 4. The van der Waals surface area contributed by atoms with Crippen molar-refractivity contribution in [3.63, 3.8) is 0 Å². The molecule has 4 aliphatic heterocycles. The Morgan fingerprint density at radius 3 is 1.34 bits per heavy atom. The Kier molecular flexibility index (Phi) is 14.7. The van der Waals surface area contributed by atoms with Crippen LogP contribution in [0.25, 0.3) is 12.2 Å². The molecule has 2 fully saturated rings.